The molecule has 1 aromatic carbocycles. The summed E-state index contributed by atoms with van der Waals surface area (Å²) in [5.74, 6) is 0.524. The molecule has 5 nitrogen and oxygen atoms in total. The molecule has 2 aromatic rings. The molecule has 2 amide bonds. The topological polar surface area (TPSA) is 57.3 Å². The lowest BCUT2D eigenvalue weighted by molar-refractivity contribution is 0.236. The number of rotatable bonds is 5. The highest BCUT2D eigenvalue weighted by atomic mass is 16.2. The maximum absolute atomic E-state index is 11.7. The summed E-state index contributed by atoms with van der Waals surface area (Å²) < 4.78 is 0. The summed E-state index contributed by atoms with van der Waals surface area (Å²) in [6, 6.07) is 10.5. The summed E-state index contributed by atoms with van der Waals surface area (Å²) in [5, 5.41) is 7.08. The normalized spacial score (nSPS) is 18.2. The van der Waals surface area contributed by atoms with Crippen LogP contribution in [0.2, 0.25) is 0 Å². The Balaban J connectivity index is 1.53. The lowest BCUT2D eigenvalue weighted by Gasteiger charge is -2.18. The maximum atomic E-state index is 11.7. The van der Waals surface area contributed by atoms with Crippen LogP contribution in [0.25, 0.3) is 10.9 Å². The van der Waals surface area contributed by atoms with Gasteiger partial charge in [0.1, 0.15) is 0 Å². The summed E-state index contributed by atoms with van der Waals surface area (Å²) in [6.07, 6.45) is 3.02. The zero-order valence-corrected chi connectivity index (χ0v) is 14.5. The van der Waals surface area contributed by atoms with Gasteiger partial charge in [-0.1, -0.05) is 18.2 Å². The van der Waals surface area contributed by atoms with Crippen molar-refractivity contribution in [2.75, 3.05) is 19.6 Å². The smallest absolute Gasteiger partial charge is 0.314 e. The van der Waals surface area contributed by atoms with E-state index in [0.29, 0.717) is 5.92 Å². The van der Waals surface area contributed by atoms with Gasteiger partial charge in [-0.25, -0.2) is 4.79 Å². The van der Waals surface area contributed by atoms with Gasteiger partial charge >= 0.3 is 6.03 Å². The number of pyridine rings is 1. The molecule has 1 saturated heterocycles. The number of para-hydroxylation sites is 1. The van der Waals surface area contributed by atoms with Crippen LogP contribution in [0.4, 0.5) is 4.79 Å². The number of hydrogen-bond donors (Lipinski definition) is 2. The predicted octanol–water partition coefficient (Wildman–Crippen LogP) is 2.76. The van der Waals surface area contributed by atoms with Crippen molar-refractivity contribution in [3.63, 3.8) is 0 Å². The fourth-order valence-corrected chi connectivity index (χ4v) is 3.31. The molecule has 0 spiro atoms. The van der Waals surface area contributed by atoms with Crippen LogP contribution >= 0.6 is 0 Å². The molecule has 1 atom stereocenters. The second kappa shape index (κ2) is 7.62. The Morgan fingerprint density at radius 1 is 1.33 bits per heavy atom. The van der Waals surface area contributed by atoms with Crippen LogP contribution in [0.5, 0.6) is 0 Å². The average Bonchev–Trinajstić information content (AvgIpc) is 3.00. The number of fused-ring (bicyclic) bond motifs is 1. The molecule has 2 N–H and O–H groups in total. The Morgan fingerprint density at radius 2 is 2.17 bits per heavy atom. The number of urea groups is 1. The van der Waals surface area contributed by atoms with E-state index in [4.69, 9.17) is 0 Å². The first-order valence-electron chi connectivity index (χ1n) is 8.71. The second-order valence-corrected chi connectivity index (χ2v) is 6.89. The molecule has 0 saturated carbocycles. The van der Waals surface area contributed by atoms with Crippen molar-refractivity contribution in [2.45, 2.75) is 32.9 Å². The zero-order valence-electron chi connectivity index (χ0n) is 14.5. The van der Waals surface area contributed by atoms with E-state index in [1.54, 1.807) is 0 Å². The molecule has 3 rings (SSSR count). The summed E-state index contributed by atoms with van der Waals surface area (Å²) in [4.78, 5) is 18.6. The van der Waals surface area contributed by atoms with E-state index in [1.165, 1.54) is 10.9 Å². The Kier molecular flexibility index (Phi) is 5.30. The van der Waals surface area contributed by atoms with E-state index in [0.717, 1.165) is 38.1 Å². The van der Waals surface area contributed by atoms with Gasteiger partial charge in [-0.2, -0.15) is 0 Å². The van der Waals surface area contributed by atoms with E-state index in [1.807, 2.05) is 26.1 Å². The minimum Gasteiger partial charge on any atom is -0.338 e. The molecule has 128 valence electrons. The number of hydrogen-bond acceptors (Lipinski definition) is 3. The van der Waals surface area contributed by atoms with Crippen LogP contribution in [0.15, 0.2) is 36.5 Å². The number of amides is 2. The third kappa shape index (κ3) is 4.23. The molecule has 1 aliphatic heterocycles. The van der Waals surface area contributed by atoms with Crippen molar-refractivity contribution in [1.82, 2.24) is 20.5 Å². The Labute approximate surface area is 143 Å². The molecule has 0 aliphatic carbocycles. The van der Waals surface area contributed by atoms with Crippen LogP contribution in [0.1, 0.15) is 25.8 Å². The molecule has 1 fully saturated rings. The lowest BCUT2D eigenvalue weighted by atomic mass is 10.1. The van der Waals surface area contributed by atoms with E-state index in [2.05, 4.69) is 44.8 Å². The molecular weight excluding hydrogens is 300 g/mol. The number of aromatic nitrogens is 1. The summed E-state index contributed by atoms with van der Waals surface area (Å²) in [5.41, 5.74) is 2.38. The summed E-state index contributed by atoms with van der Waals surface area (Å²) in [7, 11) is 0. The fraction of sp³-hybridized carbons (Fsp3) is 0.474. The summed E-state index contributed by atoms with van der Waals surface area (Å²) >= 11 is 0. The van der Waals surface area contributed by atoms with Crippen molar-refractivity contribution >= 4 is 16.9 Å². The van der Waals surface area contributed by atoms with E-state index in [-0.39, 0.29) is 12.1 Å². The zero-order chi connectivity index (χ0) is 16.9. The van der Waals surface area contributed by atoms with E-state index >= 15 is 0 Å². The Morgan fingerprint density at radius 3 is 3.00 bits per heavy atom. The number of benzene rings is 1. The van der Waals surface area contributed by atoms with Gasteiger partial charge in [-0.15, -0.1) is 0 Å². The van der Waals surface area contributed by atoms with Crippen LogP contribution in [-0.4, -0.2) is 41.6 Å². The Hall–Kier alpha value is -2.14. The van der Waals surface area contributed by atoms with Gasteiger partial charge < -0.3 is 10.6 Å². The minimum absolute atomic E-state index is 0.0661. The predicted molar refractivity (Wildman–Crippen MR) is 96.8 cm³/mol. The van der Waals surface area contributed by atoms with E-state index < -0.39 is 0 Å². The van der Waals surface area contributed by atoms with Gasteiger partial charge in [-0.3, -0.25) is 9.88 Å². The van der Waals surface area contributed by atoms with Gasteiger partial charge in [0, 0.05) is 37.3 Å². The molecule has 24 heavy (non-hydrogen) atoms. The van der Waals surface area contributed by atoms with Gasteiger partial charge in [0.25, 0.3) is 0 Å². The quantitative estimate of drug-likeness (QED) is 0.888. The first-order valence-corrected chi connectivity index (χ1v) is 8.71. The molecule has 0 bridgehead atoms. The second-order valence-electron chi connectivity index (χ2n) is 6.89. The van der Waals surface area contributed by atoms with Gasteiger partial charge in [0.05, 0.1) is 5.52 Å². The highest BCUT2D eigenvalue weighted by Gasteiger charge is 2.23. The summed E-state index contributed by atoms with van der Waals surface area (Å²) in [6.45, 7) is 7.73. The number of carbonyl (C=O) groups is 1. The number of nitrogens with one attached hydrogen (secondary N) is 2. The van der Waals surface area contributed by atoms with Crippen molar-refractivity contribution in [1.29, 1.82) is 0 Å². The standard InChI is InChI=1S/C19H26N4O/c1-14(2)22-19(24)21-11-15-8-10-23(12-15)13-16-7-9-20-18-6-4-3-5-17(16)18/h3-7,9,14-15H,8,10-13H2,1-2H3,(H2,21,22,24). The monoisotopic (exact) mass is 326 g/mol. The van der Waals surface area contributed by atoms with Gasteiger partial charge in [-0.05, 0) is 50.4 Å². The van der Waals surface area contributed by atoms with Crippen LogP contribution < -0.4 is 10.6 Å². The third-order valence-electron chi connectivity index (χ3n) is 4.47. The largest absolute Gasteiger partial charge is 0.338 e. The lowest BCUT2D eigenvalue weighted by Crippen LogP contribution is -2.41. The number of likely N-dealkylation sites (tertiary alicyclic amines) is 1. The number of nitrogens with zero attached hydrogens (tertiary/aromatic N) is 2. The molecule has 1 aromatic heterocycles. The van der Waals surface area contributed by atoms with Crippen molar-refractivity contribution in [2.24, 2.45) is 5.92 Å². The third-order valence-corrected chi connectivity index (χ3v) is 4.47. The molecule has 5 heteroatoms. The van der Waals surface area contributed by atoms with Gasteiger partial charge in [0.2, 0.25) is 0 Å². The molecule has 1 unspecified atom stereocenters. The van der Waals surface area contributed by atoms with Crippen molar-refractivity contribution in [3.8, 4) is 0 Å². The molecule has 0 radical (unpaired) electrons. The fourth-order valence-electron chi connectivity index (χ4n) is 3.31. The average molecular weight is 326 g/mol. The first kappa shape index (κ1) is 16.7. The van der Waals surface area contributed by atoms with Crippen LogP contribution in [0.3, 0.4) is 0 Å². The number of carbonyl (C=O) groups excluding carboxylic acids is 1. The van der Waals surface area contributed by atoms with Crippen molar-refractivity contribution < 1.29 is 4.79 Å². The minimum atomic E-state index is -0.0661. The molecular formula is C19H26N4O. The maximum Gasteiger partial charge on any atom is 0.314 e. The Bertz CT molecular complexity index is 695. The van der Waals surface area contributed by atoms with E-state index in [9.17, 15) is 4.79 Å². The SMILES string of the molecule is CC(C)NC(=O)NCC1CCN(Cc2ccnc3ccccc23)C1. The van der Waals surface area contributed by atoms with Crippen LogP contribution in [-0.2, 0) is 6.54 Å². The highest BCUT2D eigenvalue weighted by molar-refractivity contribution is 5.81. The molecule has 2 heterocycles. The molecule has 1 aliphatic rings. The van der Waals surface area contributed by atoms with Crippen molar-refractivity contribution in [3.05, 3.63) is 42.1 Å². The highest BCUT2D eigenvalue weighted by Crippen LogP contribution is 2.22. The van der Waals surface area contributed by atoms with Crippen LogP contribution in [0, 0.1) is 5.92 Å². The van der Waals surface area contributed by atoms with Gasteiger partial charge in [0.15, 0.2) is 0 Å². The first-order chi connectivity index (χ1) is 11.6.